The molecular weight excluding hydrogens is 379 g/mol. The number of benzene rings is 1. The smallest absolute Gasteiger partial charge is 0.243 e. The van der Waals surface area contributed by atoms with Crippen molar-refractivity contribution in [2.24, 2.45) is 0 Å². The molecule has 0 spiro atoms. The Labute approximate surface area is 152 Å². The highest BCUT2D eigenvalue weighted by atomic mass is 35.5. The van der Waals surface area contributed by atoms with Crippen LogP contribution in [0.1, 0.15) is 0 Å². The Hall–Kier alpha value is -0.900. The molecule has 2 heterocycles. The van der Waals surface area contributed by atoms with Crippen LogP contribution >= 0.6 is 47.1 Å². The molecule has 23 heavy (non-hydrogen) atoms. The van der Waals surface area contributed by atoms with Gasteiger partial charge >= 0.3 is 0 Å². The zero-order chi connectivity index (χ0) is 15.4. The lowest BCUT2D eigenvalue weighted by molar-refractivity contribution is -0.120. The molecule has 0 bridgehead atoms. The van der Waals surface area contributed by atoms with Crippen molar-refractivity contribution >= 4 is 58.7 Å². The number of hydrogen-bond acceptors (Lipinski definition) is 7. The fourth-order valence-corrected chi connectivity index (χ4v) is 3.66. The molecule has 1 fully saturated rings. The molecule has 1 aliphatic rings. The van der Waals surface area contributed by atoms with Crippen LogP contribution in [-0.4, -0.2) is 41.9 Å². The number of rotatable bonds is 4. The number of morpholine rings is 1. The number of ether oxygens (including phenoxy) is 1. The summed E-state index contributed by atoms with van der Waals surface area (Å²) in [5.41, 5.74) is 2.33. The van der Waals surface area contributed by atoms with Gasteiger partial charge in [-0.05, 0) is 18.2 Å². The van der Waals surface area contributed by atoms with Crippen LogP contribution < -0.4 is 10.6 Å². The van der Waals surface area contributed by atoms with E-state index >= 15 is 0 Å². The average Bonchev–Trinajstić information content (AvgIpc) is 3.04. The van der Waals surface area contributed by atoms with Crippen LogP contribution in [0.3, 0.4) is 0 Å². The number of carbonyl (C=O) groups excluding carboxylic acids is 1. The molecule has 124 valence electrons. The van der Waals surface area contributed by atoms with Crippen molar-refractivity contribution in [1.29, 1.82) is 0 Å². The summed E-state index contributed by atoms with van der Waals surface area (Å²) >= 11 is 9.15. The van der Waals surface area contributed by atoms with Crippen LogP contribution in [0.2, 0.25) is 5.02 Å². The fraction of sp³-hybridized carbons (Fsp3) is 0.308. The van der Waals surface area contributed by atoms with Gasteiger partial charge in [-0.3, -0.25) is 4.79 Å². The molecule has 1 atom stereocenters. The highest BCUT2D eigenvalue weighted by molar-refractivity contribution is 8.01. The summed E-state index contributed by atoms with van der Waals surface area (Å²) in [6.45, 7) is 1.69. The predicted molar refractivity (Wildman–Crippen MR) is 94.0 cm³/mol. The molecule has 6 nitrogen and oxygen atoms in total. The van der Waals surface area contributed by atoms with Crippen LogP contribution in [0.15, 0.2) is 32.9 Å². The van der Waals surface area contributed by atoms with Gasteiger partial charge in [0.1, 0.15) is 11.6 Å². The third-order valence-electron chi connectivity index (χ3n) is 2.97. The third kappa shape index (κ3) is 5.03. The predicted octanol–water partition coefficient (Wildman–Crippen LogP) is 2.69. The highest BCUT2D eigenvalue weighted by Gasteiger charge is 2.21. The van der Waals surface area contributed by atoms with E-state index in [2.05, 4.69) is 20.8 Å². The van der Waals surface area contributed by atoms with E-state index in [0.717, 1.165) is 9.24 Å². The molecule has 1 amide bonds. The van der Waals surface area contributed by atoms with Crippen LogP contribution in [0.4, 0.5) is 5.69 Å². The van der Waals surface area contributed by atoms with Crippen molar-refractivity contribution in [1.82, 2.24) is 15.5 Å². The molecular formula is C13H14Cl2N4O2S2. The van der Waals surface area contributed by atoms with Gasteiger partial charge in [-0.15, -0.1) is 22.6 Å². The maximum Gasteiger partial charge on any atom is 0.243 e. The lowest BCUT2D eigenvalue weighted by Crippen LogP contribution is -2.48. The minimum absolute atomic E-state index is 0. The highest BCUT2D eigenvalue weighted by Crippen LogP contribution is 2.35. The summed E-state index contributed by atoms with van der Waals surface area (Å²) in [7, 11) is 0. The molecule has 1 aromatic carbocycles. The second kappa shape index (κ2) is 8.81. The van der Waals surface area contributed by atoms with E-state index in [0.29, 0.717) is 30.5 Å². The Morgan fingerprint density at radius 1 is 1.52 bits per heavy atom. The van der Waals surface area contributed by atoms with Gasteiger partial charge in [-0.2, -0.15) is 0 Å². The molecule has 0 saturated carbocycles. The van der Waals surface area contributed by atoms with Crippen LogP contribution in [-0.2, 0) is 9.53 Å². The zero-order valence-corrected chi connectivity index (χ0v) is 15.0. The summed E-state index contributed by atoms with van der Waals surface area (Å²) in [6, 6.07) is 5.07. The van der Waals surface area contributed by atoms with Crippen molar-refractivity contribution < 1.29 is 9.53 Å². The van der Waals surface area contributed by atoms with E-state index in [1.54, 1.807) is 11.6 Å². The second-order valence-electron chi connectivity index (χ2n) is 4.52. The summed E-state index contributed by atoms with van der Waals surface area (Å²) in [4.78, 5) is 13.0. The number of nitrogens with one attached hydrogen (secondary N) is 2. The summed E-state index contributed by atoms with van der Waals surface area (Å²) in [6.07, 6.45) is 0. The van der Waals surface area contributed by atoms with Gasteiger partial charge < -0.3 is 15.4 Å². The normalized spacial score (nSPS) is 17.3. The standard InChI is InChI=1S/C13H13ClN4O2S2.ClH/c14-9-5-8(17-12(19)10-6-20-4-3-15-10)1-2-11(9)22-13-18-16-7-21-13;/h1-2,5,7,10,15H,3-4,6H2,(H,17,19);1H. The first-order valence-corrected chi connectivity index (χ1v) is 8.65. The Balaban J connectivity index is 0.00000192. The molecule has 1 aromatic heterocycles. The number of amides is 1. The molecule has 2 N–H and O–H groups in total. The maximum absolute atomic E-state index is 12.1. The summed E-state index contributed by atoms with van der Waals surface area (Å²) < 4.78 is 6.10. The van der Waals surface area contributed by atoms with Crippen molar-refractivity contribution in [3.8, 4) is 0 Å². The van der Waals surface area contributed by atoms with Crippen molar-refractivity contribution in [3.63, 3.8) is 0 Å². The van der Waals surface area contributed by atoms with E-state index in [-0.39, 0.29) is 24.4 Å². The van der Waals surface area contributed by atoms with Crippen LogP contribution in [0.5, 0.6) is 0 Å². The zero-order valence-electron chi connectivity index (χ0n) is 11.8. The van der Waals surface area contributed by atoms with E-state index in [9.17, 15) is 4.79 Å². The van der Waals surface area contributed by atoms with Crippen molar-refractivity contribution in [2.45, 2.75) is 15.3 Å². The number of nitrogens with zero attached hydrogens (tertiary/aromatic N) is 2. The fourth-order valence-electron chi connectivity index (χ4n) is 1.93. The van der Waals surface area contributed by atoms with Crippen LogP contribution in [0.25, 0.3) is 0 Å². The van der Waals surface area contributed by atoms with Crippen molar-refractivity contribution in [2.75, 3.05) is 25.1 Å². The number of carbonyl (C=O) groups is 1. The Kier molecular flexibility index (Phi) is 7.07. The van der Waals surface area contributed by atoms with Gasteiger partial charge in [0.05, 0.1) is 18.2 Å². The van der Waals surface area contributed by atoms with Gasteiger partial charge in [-0.1, -0.05) is 34.7 Å². The van der Waals surface area contributed by atoms with Gasteiger partial charge in [0.25, 0.3) is 0 Å². The topological polar surface area (TPSA) is 76.1 Å². The molecule has 0 radical (unpaired) electrons. The molecule has 0 aliphatic carbocycles. The van der Waals surface area contributed by atoms with Crippen molar-refractivity contribution in [3.05, 3.63) is 28.7 Å². The first-order chi connectivity index (χ1) is 10.7. The number of hydrogen-bond donors (Lipinski definition) is 2. The largest absolute Gasteiger partial charge is 0.378 e. The van der Waals surface area contributed by atoms with Crippen LogP contribution in [0, 0.1) is 0 Å². The average molecular weight is 393 g/mol. The lowest BCUT2D eigenvalue weighted by atomic mass is 10.2. The molecule has 2 aromatic rings. The molecule has 3 rings (SSSR count). The number of anilines is 1. The third-order valence-corrected chi connectivity index (χ3v) is 5.25. The Morgan fingerprint density at radius 3 is 3.04 bits per heavy atom. The minimum atomic E-state index is -0.331. The quantitative estimate of drug-likeness (QED) is 0.832. The number of halogens is 2. The van der Waals surface area contributed by atoms with Gasteiger partial charge in [0.2, 0.25) is 5.91 Å². The first kappa shape index (κ1) is 18.4. The summed E-state index contributed by atoms with van der Waals surface area (Å²) in [5.74, 6) is -0.125. The van der Waals surface area contributed by atoms with Gasteiger partial charge in [0.15, 0.2) is 4.34 Å². The number of aromatic nitrogens is 2. The van der Waals surface area contributed by atoms with Gasteiger partial charge in [0, 0.05) is 17.1 Å². The van der Waals surface area contributed by atoms with Gasteiger partial charge in [-0.25, -0.2) is 0 Å². The molecule has 10 heteroatoms. The van der Waals surface area contributed by atoms with E-state index in [1.165, 1.54) is 23.1 Å². The second-order valence-corrected chi connectivity index (χ2v) is 7.05. The van der Waals surface area contributed by atoms with E-state index in [4.69, 9.17) is 16.3 Å². The molecule has 1 aliphatic heterocycles. The monoisotopic (exact) mass is 392 g/mol. The summed E-state index contributed by atoms with van der Waals surface area (Å²) in [5, 5.41) is 14.3. The molecule has 1 unspecified atom stereocenters. The molecule has 1 saturated heterocycles. The minimum Gasteiger partial charge on any atom is -0.378 e. The first-order valence-electron chi connectivity index (χ1n) is 6.58. The SMILES string of the molecule is Cl.O=C(Nc1ccc(Sc2nncs2)c(Cl)c1)C1COCCN1. The Morgan fingerprint density at radius 2 is 2.39 bits per heavy atom. The lowest BCUT2D eigenvalue weighted by Gasteiger charge is -2.23. The van der Waals surface area contributed by atoms with E-state index in [1.807, 2.05) is 12.1 Å². The van der Waals surface area contributed by atoms with E-state index < -0.39 is 0 Å². The Bertz CT molecular complexity index is 651. The maximum atomic E-state index is 12.1.